The molecule has 0 aliphatic carbocycles. The maximum atomic E-state index is 12.6. The van der Waals surface area contributed by atoms with Crippen molar-refractivity contribution in [3.63, 3.8) is 0 Å². The number of carbonyl (C=O) groups excluding carboxylic acids is 1. The molecule has 1 N–H and O–H groups in total. The van der Waals surface area contributed by atoms with Gasteiger partial charge < -0.3 is 19.1 Å². The minimum Gasteiger partial charge on any atom is -0.382 e. The monoisotopic (exact) mass is 301 g/mol. The van der Waals surface area contributed by atoms with Crippen LogP contribution in [-0.4, -0.2) is 39.1 Å². The van der Waals surface area contributed by atoms with Crippen molar-refractivity contribution < 1.29 is 23.1 Å². The lowest BCUT2D eigenvalue weighted by Crippen LogP contribution is -2.49. The molecule has 1 aromatic rings. The Morgan fingerprint density at radius 1 is 1.20 bits per heavy atom. The fourth-order valence-electron chi connectivity index (χ4n) is 1.85. The summed E-state index contributed by atoms with van der Waals surface area (Å²) in [6, 6.07) is 8.62. The molecule has 6 nitrogen and oxygen atoms in total. The molecule has 0 heterocycles. The van der Waals surface area contributed by atoms with Crippen LogP contribution in [0.5, 0.6) is 0 Å². The molecule has 0 aliphatic heterocycles. The number of methoxy groups -OCH3 is 1. The van der Waals surface area contributed by atoms with Crippen LogP contribution in [0.25, 0.3) is 0 Å². The van der Waals surface area contributed by atoms with Crippen molar-refractivity contribution in [2.75, 3.05) is 27.9 Å². The first kappa shape index (κ1) is 16.9. The van der Waals surface area contributed by atoms with E-state index in [1.54, 1.807) is 37.3 Å². The topological polar surface area (TPSA) is 73.9 Å². The van der Waals surface area contributed by atoms with Gasteiger partial charge in [0.25, 0.3) is 5.91 Å². The van der Waals surface area contributed by atoms with Crippen LogP contribution in [0.15, 0.2) is 30.3 Å². The molecule has 20 heavy (non-hydrogen) atoms. The third-order valence-corrected chi connectivity index (χ3v) is 5.34. The number of ether oxygens (including phenoxy) is 1. The van der Waals surface area contributed by atoms with Crippen molar-refractivity contribution in [1.82, 2.24) is 5.32 Å². The standard InChI is InChI=1S/C13H20NO5P/c1-13(10-17-2,20(16,18-3)19-4)14-12(15)11-8-6-5-7-9-11/h5-9H,10H2,1-4H3,(H,14,15). The Balaban J connectivity index is 3.03. The van der Waals surface area contributed by atoms with Gasteiger partial charge in [-0.2, -0.15) is 0 Å². The third-order valence-electron chi connectivity index (χ3n) is 2.93. The fourth-order valence-corrected chi connectivity index (χ4v) is 3.33. The molecule has 1 amide bonds. The SMILES string of the molecule is COCC(C)(NC(=O)c1ccccc1)P(=O)(OC)OC. The zero-order valence-electron chi connectivity index (χ0n) is 12.1. The largest absolute Gasteiger partial charge is 0.382 e. The van der Waals surface area contributed by atoms with Crippen LogP contribution >= 0.6 is 7.60 Å². The molecule has 0 spiro atoms. The van der Waals surface area contributed by atoms with E-state index in [-0.39, 0.29) is 12.5 Å². The Bertz CT molecular complexity index is 485. The van der Waals surface area contributed by atoms with E-state index >= 15 is 0 Å². The number of amides is 1. The molecule has 1 atom stereocenters. The highest BCUT2D eigenvalue weighted by molar-refractivity contribution is 7.55. The molecule has 0 saturated heterocycles. The predicted octanol–water partition coefficient (Wildman–Crippen LogP) is 2.26. The van der Waals surface area contributed by atoms with Gasteiger partial charge in [-0.05, 0) is 19.1 Å². The highest BCUT2D eigenvalue weighted by Crippen LogP contribution is 2.57. The van der Waals surface area contributed by atoms with E-state index in [9.17, 15) is 9.36 Å². The van der Waals surface area contributed by atoms with Crippen LogP contribution in [-0.2, 0) is 18.3 Å². The lowest BCUT2D eigenvalue weighted by molar-refractivity contribution is 0.0836. The number of rotatable bonds is 7. The van der Waals surface area contributed by atoms with Gasteiger partial charge in [0, 0.05) is 26.9 Å². The molecule has 0 aliphatic rings. The van der Waals surface area contributed by atoms with Crippen molar-refractivity contribution in [3.8, 4) is 0 Å². The van der Waals surface area contributed by atoms with E-state index in [0.29, 0.717) is 5.56 Å². The first-order valence-electron chi connectivity index (χ1n) is 6.00. The van der Waals surface area contributed by atoms with Gasteiger partial charge in [0.1, 0.15) is 0 Å². The van der Waals surface area contributed by atoms with Crippen LogP contribution in [0.3, 0.4) is 0 Å². The highest BCUT2D eigenvalue weighted by atomic mass is 31.2. The zero-order chi connectivity index (χ0) is 15.2. The summed E-state index contributed by atoms with van der Waals surface area (Å²) in [6.07, 6.45) is 0. The van der Waals surface area contributed by atoms with Gasteiger partial charge in [-0.25, -0.2) is 0 Å². The van der Waals surface area contributed by atoms with Crippen molar-refractivity contribution in [2.24, 2.45) is 0 Å². The Kier molecular flexibility index (Phi) is 5.89. The molecule has 0 fully saturated rings. The van der Waals surface area contributed by atoms with Crippen LogP contribution in [0, 0.1) is 0 Å². The number of nitrogens with one attached hydrogen (secondary N) is 1. The van der Waals surface area contributed by atoms with Crippen molar-refractivity contribution in [2.45, 2.75) is 12.2 Å². The first-order valence-corrected chi connectivity index (χ1v) is 7.55. The molecular formula is C13H20NO5P. The smallest absolute Gasteiger partial charge is 0.357 e. The average molecular weight is 301 g/mol. The summed E-state index contributed by atoms with van der Waals surface area (Å²) in [7, 11) is 0.437. The van der Waals surface area contributed by atoms with Gasteiger partial charge in [-0.3, -0.25) is 9.36 Å². The van der Waals surface area contributed by atoms with E-state index < -0.39 is 12.9 Å². The second kappa shape index (κ2) is 6.99. The predicted molar refractivity (Wildman–Crippen MR) is 75.8 cm³/mol. The molecule has 0 radical (unpaired) electrons. The molecule has 0 aromatic heterocycles. The molecule has 1 aromatic carbocycles. The Morgan fingerprint density at radius 3 is 2.20 bits per heavy atom. The van der Waals surface area contributed by atoms with Gasteiger partial charge in [-0.15, -0.1) is 0 Å². The summed E-state index contributed by atoms with van der Waals surface area (Å²) >= 11 is 0. The quantitative estimate of drug-likeness (QED) is 0.782. The van der Waals surface area contributed by atoms with Crippen LogP contribution < -0.4 is 5.32 Å². The fraction of sp³-hybridized carbons (Fsp3) is 0.462. The number of hydrogen-bond acceptors (Lipinski definition) is 5. The van der Waals surface area contributed by atoms with E-state index in [4.69, 9.17) is 13.8 Å². The lowest BCUT2D eigenvalue weighted by Gasteiger charge is -2.34. The third kappa shape index (κ3) is 3.46. The Morgan fingerprint density at radius 2 is 1.75 bits per heavy atom. The van der Waals surface area contributed by atoms with Gasteiger partial charge in [0.15, 0.2) is 5.28 Å². The molecule has 1 rings (SSSR count). The average Bonchev–Trinajstić information content (AvgIpc) is 2.47. The molecule has 7 heteroatoms. The van der Waals surface area contributed by atoms with E-state index in [0.717, 1.165) is 0 Å². The van der Waals surface area contributed by atoms with Gasteiger partial charge in [-0.1, -0.05) is 18.2 Å². The van der Waals surface area contributed by atoms with Gasteiger partial charge in [0.2, 0.25) is 0 Å². The first-order chi connectivity index (χ1) is 9.42. The maximum absolute atomic E-state index is 12.6. The Hall–Kier alpha value is -1.20. The van der Waals surface area contributed by atoms with Crippen LogP contribution in [0.4, 0.5) is 0 Å². The summed E-state index contributed by atoms with van der Waals surface area (Å²) in [6.45, 7) is 1.55. The van der Waals surface area contributed by atoms with Gasteiger partial charge in [0.05, 0.1) is 6.61 Å². The van der Waals surface area contributed by atoms with E-state index in [1.165, 1.54) is 21.3 Å². The van der Waals surface area contributed by atoms with E-state index in [1.807, 2.05) is 0 Å². The maximum Gasteiger partial charge on any atom is 0.357 e. The second-order valence-electron chi connectivity index (χ2n) is 4.39. The minimum absolute atomic E-state index is 0.00939. The number of benzene rings is 1. The molecule has 112 valence electrons. The molecular weight excluding hydrogens is 281 g/mol. The normalized spacial score (nSPS) is 14.6. The van der Waals surface area contributed by atoms with E-state index in [2.05, 4.69) is 5.32 Å². The summed E-state index contributed by atoms with van der Waals surface area (Å²) < 4.78 is 27.6. The van der Waals surface area contributed by atoms with Crippen molar-refractivity contribution in [1.29, 1.82) is 0 Å². The zero-order valence-corrected chi connectivity index (χ0v) is 13.0. The van der Waals surface area contributed by atoms with Crippen LogP contribution in [0.2, 0.25) is 0 Å². The lowest BCUT2D eigenvalue weighted by atomic mass is 10.2. The number of carbonyl (C=O) groups is 1. The molecule has 0 bridgehead atoms. The number of hydrogen-bond donors (Lipinski definition) is 1. The van der Waals surface area contributed by atoms with Crippen molar-refractivity contribution >= 4 is 13.5 Å². The summed E-state index contributed by atoms with van der Waals surface area (Å²) in [5, 5.41) is 1.40. The van der Waals surface area contributed by atoms with Gasteiger partial charge >= 0.3 is 7.60 Å². The van der Waals surface area contributed by atoms with Crippen molar-refractivity contribution in [3.05, 3.63) is 35.9 Å². The summed E-state index contributed by atoms with van der Waals surface area (Å²) in [5.41, 5.74) is 0.452. The molecule has 1 unspecified atom stereocenters. The molecule has 0 saturated carbocycles. The van der Waals surface area contributed by atoms with Crippen LogP contribution in [0.1, 0.15) is 17.3 Å². The summed E-state index contributed by atoms with van der Waals surface area (Å²) in [5.74, 6) is -0.375. The Labute approximate surface area is 119 Å². The minimum atomic E-state index is -3.55. The summed E-state index contributed by atoms with van der Waals surface area (Å²) in [4.78, 5) is 12.2. The highest BCUT2D eigenvalue weighted by Gasteiger charge is 2.47. The second-order valence-corrected chi connectivity index (χ2v) is 7.10.